The lowest BCUT2D eigenvalue weighted by Gasteiger charge is -2.18. The van der Waals surface area contributed by atoms with Crippen LogP contribution in [0.5, 0.6) is 5.75 Å². The lowest BCUT2D eigenvalue weighted by Crippen LogP contribution is -2.43. The summed E-state index contributed by atoms with van der Waals surface area (Å²) in [5, 5.41) is 6.00. The van der Waals surface area contributed by atoms with E-state index in [0.717, 1.165) is 0 Å². The maximum absolute atomic E-state index is 13.3. The Bertz CT molecular complexity index is 467. The van der Waals surface area contributed by atoms with Crippen LogP contribution >= 0.6 is 0 Å². The van der Waals surface area contributed by atoms with Gasteiger partial charge in [-0.3, -0.25) is 4.79 Å². The predicted molar refractivity (Wildman–Crippen MR) is 67.9 cm³/mol. The summed E-state index contributed by atoms with van der Waals surface area (Å²) in [6.45, 7) is 1.36. The number of hydrogen-bond donors (Lipinski definition) is 2. The van der Waals surface area contributed by atoms with Crippen molar-refractivity contribution < 1.29 is 18.7 Å². The number of carbonyl (C=O) groups is 1. The summed E-state index contributed by atoms with van der Waals surface area (Å²) in [6.07, 6.45) is -0.0497. The van der Waals surface area contributed by atoms with Gasteiger partial charge >= 0.3 is 0 Å². The van der Waals surface area contributed by atoms with Gasteiger partial charge in [-0.25, -0.2) is 4.39 Å². The third-order valence-electron chi connectivity index (χ3n) is 3.19. The number of benzene rings is 1. The Morgan fingerprint density at radius 1 is 1.42 bits per heavy atom. The zero-order valence-corrected chi connectivity index (χ0v) is 10.9. The van der Waals surface area contributed by atoms with E-state index in [0.29, 0.717) is 18.7 Å². The smallest absolute Gasteiger partial charge is 0.251 e. The van der Waals surface area contributed by atoms with Crippen molar-refractivity contribution in [2.24, 2.45) is 0 Å². The number of carbonyl (C=O) groups excluding carboxylic acids is 1. The molecule has 6 heteroatoms. The highest BCUT2D eigenvalue weighted by Crippen LogP contribution is 2.18. The monoisotopic (exact) mass is 268 g/mol. The normalized spacial score (nSPS) is 22.3. The first-order chi connectivity index (χ1) is 9.15. The van der Waals surface area contributed by atoms with E-state index in [2.05, 4.69) is 10.6 Å². The number of halogens is 1. The topological polar surface area (TPSA) is 59.6 Å². The van der Waals surface area contributed by atoms with E-state index in [9.17, 15) is 9.18 Å². The van der Waals surface area contributed by atoms with Crippen molar-refractivity contribution in [2.45, 2.75) is 12.1 Å². The molecule has 0 aliphatic carbocycles. The van der Waals surface area contributed by atoms with Crippen molar-refractivity contribution in [3.63, 3.8) is 0 Å². The minimum Gasteiger partial charge on any atom is -0.494 e. The molecule has 1 amide bonds. The Hall–Kier alpha value is -1.66. The van der Waals surface area contributed by atoms with Gasteiger partial charge in [0.2, 0.25) is 0 Å². The highest BCUT2D eigenvalue weighted by Gasteiger charge is 2.28. The molecule has 104 valence electrons. The molecule has 1 saturated heterocycles. The quantitative estimate of drug-likeness (QED) is 0.837. The molecule has 0 aromatic heterocycles. The predicted octanol–water partition coefficient (Wildman–Crippen LogP) is 0.551. The van der Waals surface area contributed by atoms with Crippen LogP contribution in [-0.2, 0) is 4.74 Å². The van der Waals surface area contributed by atoms with Crippen LogP contribution in [0.1, 0.15) is 10.4 Å². The molecule has 2 atom stereocenters. The van der Waals surface area contributed by atoms with E-state index in [4.69, 9.17) is 9.47 Å². The van der Waals surface area contributed by atoms with Gasteiger partial charge in [-0.1, -0.05) is 0 Å². The van der Waals surface area contributed by atoms with Gasteiger partial charge in [0.1, 0.15) is 0 Å². The number of ether oxygens (including phenoxy) is 2. The molecule has 1 aliphatic rings. The van der Waals surface area contributed by atoms with Crippen LogP contribution < -0.4 is 15.4 Å². The summed E-state index contributed by atoms with van der Waals surface area (Å²) in [4.78, 5) is 12.1. The molecular weight excluding hydrogens is 251 g/mol. The molecule has 1 unspecified atom stereocenters. The molecule has 2 N–H and O–H groups in total. The first-order valence-corrected chi connectivity index (χ1v) is 6.03. The molecule has 0 radical (unpaired) electrons. The molecule has 0 spiro atoms. The maximum atomic E-state index is 13.3. The molecular formula is C13H17FN2O3. The average molecular weight is 268 g/mol. The third-order valence-corrected chi connectivity index (χ3v) is 3.19. The van der Waals surface area contributed by atoms with E-state index in [1.807, 2.05) is 0 Å². The molecule has 1 aromatic rings. The number of rotatable bonds is 4. The van der Waals surface area contributed by atoms with E-state index in [1.165, 1.54) is 25.3 Å². The second-order valence-corrected chi connectivity index (χ2v) is 4.36. The summed E-state index contributed by atoms with van der Waals surface area (Å²) < 4.78 is 23.4. The van der Waals surface area contributed by atoms with Gasteiger partial charge in [0.05, 0.1) is 19.3 Å². The summed E-state index contributed by atoms with van der Waals surface area (Å²) >= 11 is 0. The zero-order chi connectivity index (χ0) is 13.8. The molecule has 0 saturated carbocycles. The fraction of sp³-hybridized carbons (Fsp3) is 0.462. The first-order valence-electron chi connectivity index (χ1n) is 6.03. The Morgan fingerprint density at radius 2 is 2.21 bits per heavy atom. The summed E-state index contributed by atoms with van der Waals surface area (Å²) in [7, 11) is 2.97. The van der Waals surface area contributed by atoms with Crippen LogP contribution in [0.4, 0.5) is 4.39 Å². The van der Waals surface area contributed by atoms with Gasteiger partial charge in [0, 0.05) is 25.8 Å². The van der Waals surface area contributed by atoms with Crippen molar-refractivity contribution in [2.75, 3.05) is 27.3 Å². The van der Waals surface area contributed by atoms with E-state index >= 15 is 0 Å². The summed E-state index contributed by atoms with van der Waals surface area (Å²) in [5.41, 5.74) is 0.361. The molecule has 1 aromatic carbocycles. The van der Waals surface area contributed by atoms with Crippen molar-refractivity contribution >= 4 is 5.91 Å². The van der Waals surface area contributed by atoms with Crippen molar-refractivity contribution in [3.05, 3.63) is 29.6 Å². The largest absolute Gasteiger partial charge is 0.494 e. The number of hydrogen-bond acceptors (Lipinski definition) is 4. The van der Waals surface area contributed by atoms with Gasteiger partial charge in [0.25, 0.3) is 5.91 Å². The van der Waals surface area contributed by atoms with Crippen LogP contribution in [0, 0.1) is 5.82 Å². The zero-order valence-electron chi connectivity index (χ0n) is 10.9. The minimum absolute atomic E-state index is 0.0497. The van der Waals surface area contributed by atoms with Crippen LogP contribution in [0.25, 0.3) is 0 Å². The molecule has 19 heavy (non-hydrogen) atoms. The fourth-order valence-electron chi connectivity index (χ4n) is 2.10. The summed E-state index contributed by atoms with van der Waals surface area (Å²) in [5.74, 6) is -0.703. The Balaban J connectivity index is 2.07. The van der Waals surface area contributed by atoms with Crippen LogP contribution in [0.2, 0.25) is 0 Å². The molecule has 1 heterocycles. The first kappa shape index (κ1) is 13.8. The maximum Gasteiger partial charge on any atom is 0.251 e. The molecule has 5 nitrogen and oxygen atoms in total. The van der Waals surface area contributed by atoms with Gasteiger partial charge in [0.15, 0.2) is 11.6 Å². The third kappa shape index (κ3) is 3.02. The van der Waals surface area contributed by atoms with Crippen LogP contribution in [0.3, 0.4) is 0 Å². The molecule has 1 fully saturated rings. The highest BCUT2D eigenvalue weighted by atomic mass is 19.1. The lowest BCUT2D eigenvalue weighted by atomic mass is 10.1. The van der Waals surface area contributed by atoms with Gasteiger partial charge in [-0.05, 0) is 18.2 Å². The standard InChI is InChI=1S/C13H17FN2O3/c1-18-11-5-8(3-4-9(11)14)13(17)16-10-6-15-7-12(10)19-2/h3-5,10,12,15H,6-7H2,1-2H3,(H,16,17)/t10?,12-/m0/s1. The van der Waals surface area contributed by atoms with Crippen molar-refractivity contribution in [1.29, 1.82) is 0 Å². The second kappa shape index (κ2) is 5.99. The van der Waals surface area contributed by atoms with Crippen LogP contribution in [0.15, 0.2) is 18.2 Å². The molecule has 2 rings (SSSR count). The Kier molecular flexibility index (Phi) is 4.34. The van der Waals surface area contributed by atoms with E-state index in [1.54, 1.807) is 7.11 Å². The number of methoxy groups -OCH3 is 2. The Labute approximate surface area is 111 Å². The number of amides is 1. The second-order valence-electron chi connectivity index (χ2n) is 4.36. The van der Waals surface area contributed by atoms with E-state index < -0.39 is 5.82 Å². The highest BCUT2D eigenvalue weighted by molar-refractivity contribution is 5.94. The van der Waals surface area contributed by atoms with Gasteiger partial charge < -0.3 is 20.1 Å². The SMILES string of the molecule is COc1cc(C(=O)NC2CNC[C@@H]2OC)ccc1F. The minimum atomic E-state index is -0.489. The van der Waals surface area contributed by atoms with Gasteiger partial charge in [-0.2, -0.15) is 0 Å². The van der Waals surface area contributed by atoms with Gasteiger partial charge in [-0.15, -0.1) is 0 Å². The summed E-state index contributed by atoms with van der Waals surface area (Å²) in [6, 6.07) is 3.94. The van der Waals surface area contributed by atoms with Crippen molar-refractivity contribution in [1.82, 2.24) is 10.6 Å². The van der Waals surface area contributed by atoms with Crippen molar-refractivity contribution in [3.8, 4) is 5.75 Å². The molecule has 0 bridgehead atoms. The average Bonchev–Trinajstić information content (AvgIpc) is 2.86. The number of nitrogens with one attached hydrogen (secondary N) is 2. The fourth-order valence-corrected chi connectivity index (χ4v) is 2.10. The molecule has 1 aliphatic heterocycles. The Morgan fingerprint density at radius 3 is 2.89 bits per heavy atom. The lowest BCUT2D eigenvalue weighted by molar-refractivity contribution is 0.0779. The van der Waals surface area contributed by atoms with E-state index in [-0.39, 0.29) is 23.8 Å². The van der Waals surface area contributed by atoms with Crippen LogP contribution in [-0.4, -0.2) is 45.4 Å².